The van der Waals surface area contributed by atoms with Crippen LogP contribution in [0.15, 0.2) is 53.7 Å². The van der Waals surface area contributed by atoms with Crippen LogP contribution in [0.1, 0.15) is 33.1 Å². The van der Waals surface area contributed by atoms with Gasteiger partial charge in [0.1, 0.15) is 17.9 Å². The third-order valence-corrected chi connectivity index (χ3v) is 4.82. The molecule has 0 aliphatic rings. The van der Waals surface area contributed by atoms with E-state index in [2.05, 4.69) is 15.0 Å². The summed E-state index contributed by atoms with van der Waals surface area (Å²) in [5.41, 5.74) is 2.81. The van der Waals surface area contributed by atoms with Crippen LogP contribution in [0.25, 0.3) is 0 Å². The Bertz CT molecular complexity index is 906. The summed E-state index contributed by atoms with van der Waals surface area (Å²) in [6.07, 6.45) is 2.71. The number of aromatic nitrogens is 3. The van der Waals surface area contributed by atoms with Gasteiger partial charge in [-0.05, 0) is 60.9 Å². The van der Waals surface area contributed by atoms with Crippen LogP contribution in [-0.4, -0.2) is 25.2 Å². The smallest absolute Gasteiger partial charge is 0.261 e. The normalized spacial score (nSPS) is 10.7. The molecule has 1 heterocycles. The third kappa shape index (κ3) is 4.46. The van der Waals surface area contributed by atoms with Crippen molar-refractivity contribution in [1.82, 2.24) is 15.0 Å². The summed E-state index contributed by atoms with van der Waals surface area (Å²) in [6.45, 7) is 3.76. The summed E-state index contributed by atoms with van der Waals surface area (Å²) in [6, 6.07) is 13.3. The number of aromatic hydroxyl groups is 1. The summed E-state index contributed by atoms with van der Waals surface area (Å²) in [5, 5.41) is 9.66. The average molecular weight is 365 g/mol. The van der Waals surface area contributed by atoms with E-state index >= 15 is 0 Å². The lowest BCUT2D eigenvalue weighted by atomic mass is 10.0. The molecule has 3 aromatic rings. The van der Waals surface area contributed by atoms with Gasteiger partial charge in [-0.25, -0.2) is 15.0 Å². The van der Waals surface area contributed by atoms with Gasteiger partial charge in [0, 0.05) is 11.3 Å². The Morgan fingerprint density at radius 2 is 1.73 bits per heavy atom. The Labute approximate surface area is 156 Å². The van der Waals surface area contributed by atoms with Gasteiger partial charge in [-0.15, -0.1) is 0 Å². The number of phenolic OH excluding ortho intramolecular Hbond substituents is 1. The zero-order chi connectivity index (χ0) is 18.5. The van der Waals surface area contributed by atoms with Crippen LogP contribution in [-0.2, 0) is 12.8 Å². The molecule has 3 rings (SSSR count). The zero-order valence-corrected chi connectivity index (χ0v) is 15.5. The molecule has 0 radical (unpaired) electrons. The number of carbonyl (C=O) groups excluding carboxylic acids is 1. The van der Waals surface area contributed by atoms with Crippen LogP contribution in [0.2, 0.25) is 0 Å². The molecule has 0 amide bonds. The number of carbonyl (C=O) groups is 1. The van der Waals surface area contributed by atoms with Crippen molar-refractivity contribution in [2.75, 3.05) is 0 Å². The van der Waals surface area contributed by atoms with Crippen molar-refractivity contribution in [3.63, 3.8) is 0 Å². The van der Waals surface area contributed by atoms with Crippen LogP contribution >= 0.6 is 11.8 Å². The lowest BCUT2D eigenvalue weighted by molar-refractivity contribution is 0.107. The Hall–Kier alpha value is -2.73. The molecule has 132 valence electrons. The molecule has 0 bridgehead atoms. The molecular formula is C20H19N3O2S. The molecule has 0 aliphatic heterocycles. The van der Waals surface area contributed by atoms with Crippen molar-refractivity contribution in [3.8, 4) is 5.75 Å². The minimum Gasteiger partial charge on any atom is -0.507 e. The van der Waals surface area contributed by atoms with Gasteiger partial charge in [0.2, 0.25) is 5.82 Å². The minimum atomic E-state index is -0.198. The van der Waals surface area contributed by atoms with Gasteiger partial charge in [0.05, 0.1) is 0 Å². The van der Waals surface area contributed by atoms with Crippen molar-refractivity contribution in [2.24, 2.45) is 0 Å². The first-order valence-corrected chi connectivity index (χ1v) is 9.09. The summed E-state index contributed by atoms with van der Waals surface area (Å²) >= 11 is 1.11. The molecule has 0 atom stereocenters. The highest BCUT2D eigenvalue weighted by Gasteiger charge is 2.13. The van der Waals surface area contributed by atoms with Crippen molar-refractivity contribution in [2.45, 2.75) is 31.6 Å². The molecule has 2 aromatic carbocycles. The fourth-order valence-corrected chi connectivity index (χ4v) is 3.33. The second-order valence-corrected chi connectivity index (χ2v) is 7.05. The monoisotopic (exact) mass is 365 g/mol. The van der Waals surface area contributed by atoms with Gasteiger partial charge in [0.25, 0.3) is 5.12 Å². The van der Waals surface area contributed by atoms with Crippen LogP contribution in [0.5, 0.6) is 5.75 Å². The molecule has 1 aromatic heterocycles. The van der Waals surface area contributed by atoms with Crippen LogP contribution in [0.4, 0.5) is 0 Å². The maximum atomic E-state index is 12.3. The van der Waals surface area contributed by atoms with Gasteiger partial charge >= 0.3 is 0 Å². The number of phenols is 1. The minimum absolute atomic E-state index is 0.168. The van der Waals surface area contributed by atoms with Crippen molar-refractivity contribution in [3.05, 3.63) is 77.1 Å². The molecular weight excluding hydrogens is 346 g/mol. The zero-order valence-electron chi connectivity index (χ0n) is 14.6. The Morgan fingerprint density at radius 3 is 2.42 bits per heavy atom. The van der Waals surface area contributed by atoms with Gasteiger partial charge in [-0.1, -0.05) is 30.3 Å². The van der Waals surface area contributed by atoms with E-state index in [0.29, 0.717) is 18.0 Å². The van der Waals surface area contributed by atoms with E-state index < -0.39 is 0 Å². The van der Waals surface area contributed by atoms with Crippen LogP contribution in [0, 0.1) is 13.8 Å². The molecule has 0 fully saturated rings. The molecule has 5 nitrogen and oxygen atoms in total. The number of nitrogens with zero attached hydrogens (tertiary/aromatic N) is 3. The highest BCUT2D eigenvalue weighted by Crippen LogP contribution is 2.24. The molecule has 26 heavy (non-hydrogen) atoms. The summed E-state index contributed by atoms with van der Waals surface area (Å²) < 4.78 is 0. The van der Waals surface area contributed by atoms with E-state index in [1.807, 2.05) is 56.3 Å². The third-order valence-electron chi connectivity index (χ3n) is 3.95. The highest BCUT2D eigenvalue weighted by atomic mass is 32.2. The number of benzene rings is 2. The van der Waals surface area contributed by atoms with E-state index in [1.165, 1.54) is 6.33 Å². The molecule has 0 saturated carbocycles. The largest absolute Gasteiger partial charge is 0.507 e. The number of hydrogen-bond donors (Lipinski definition) is 1. The van der Waals surface area contributed by atoms with E-state index in [-0.39, 0.29) is 10.9 Å². The standard InChI is InChI=1S/C20H19N3O2S/c1-13-10-15(11-14(2)18(13)24)8-9-17-21-12-22-19(23-17)20(25)26-16-6-4-3-5-7-16/h3-7,10-12,24H,8-9H2,1-2H3. The summed E-state index contributed by atoms with van der Waals surface area (Å²) in [5.74, 6) is 1.09. The van der Waals surface area contributed by atoms with Crippen molar-refractivity contribution >= 4 is 16.9 Å². The first-order valence-electron chi connectivity index (χ1n) is 8.27. The number of aryl methyl sites for hydroxylation is 4. The second-order valence-electron chi connectivity index (χ2n) is 6.01. The SMILES string of the molecule is Cc1cc(CCc2ncnc(C(=O)Sc3ccccc3)n2)cc(C)c1O. The Balaban J connectivity index is 1.68. The lowest BCUT2D eigenvalue weighted by Gasteiger charge is -2.08. The van der Waals surface area contributed by atoms with E-state index in [9.17, 15) is 9.90 Å². The van der Waals surface area contributed by atoms with E-state index in [1.54, 1.807) is 0 Å². The lowest BCUT2D eigenvalue weighted by Crippen LogP contribution is -2.07. The number of rotatable bonds is 5. The Kier molecular flexibility index (Phi) is 5.63. The summed E-state index contributed by atoms with van der Waals surface area (Å²) in [7, 11) is 0. The maximum absolute atomic E-state index is 12.3. The fraction of sp³-hybridized carbons (Fsp3) is 0.200. The average Bonchev–Trinajstić information content (AvgIpc) is 2.65. The van der Waals surface area contributed by atoms with E-state index in [0.717, 1.165) is 39.8 Å². The predicted octanol–water partition coefficient (Wildman–Crippen LogP) is 3.91. The predicted molar refractivity (Wildman–Crippen MR) is 101 cm³/mol. The fourth-order valence-electron chi connectivity index (χ4n) is 2.64. The van der Waals surface area contributed by atoms with Crippen LogP contribution < -0.4 is 0 Å². The van der Waals surface area contributed by atoms with Crippen molar-refractivity contribution in [1.29, 1.82) is 0 Å². The topological polar surface area (TPSA) is 76.0 Å². The first-order chi connectivity index (χ1) is 12.5. The number of hydrogen-bond acceptors (Lipinski definition) is 6. The second kappa shape index (κ2) is 8.10. The highest BCUT2D eigenvalue weighted by molar-refractivity contribution is 8.14. The van der Waals surface area contributed by atoms with Crippen molar-refractivity contribution < 1.29 is 9.90 Å². The first kappa shape index (κ1) is 18.1. The van der Waals surface area contributed by atoms with Gasteiger partial charge in [-0.3, -0.25) is 4.79 Å². The molecule has 0 unspecified atom stereocenters. The molecule has 0 spiro atoms. The molecule has 0 saturated heterocycles. The summed E-state index contributed by atoms with van der Waals surface area (Å²) in [4.78, 5) is 25.7. The van der Waals surface area contributed by atoms with Gasteiger partial charge < -0.3 is 5.11 Å². The van der Waals surface area contributed by atoms with Gasteiger partial charge in [-0.2, -0.15) is 0 Å². The Morgan fingerprint density at radius 1 is 1.04 bits per heavy atom. The molecule has 6 heteroatoms. The van der Waals surface area contributed by atoms with Crippen LogP contribution in [0.3, 0.4) is 0 Å². The quantitative estimate of drug-likeness (QED) is 0.691. The maximum Gasteiger partial charge on any atom is 0.261 e. The van der Waals surface area contributed by atoms with E-state index in [4.69, 9.17) is 0 Å². The van der Waals surface area contributed by atoms with Gasteiger partial charge in [0.15, 0.2) is 0 Å². The number of thioether (sulfide) groups is 1. The molecule has 1 N–H and O–H groups in total. The molecule has 0 aliphatic carbocycles.